The summed E-state index contributed by atoms with van der Waals surface area (Å²) in [7, 11) is 1.73. The van der Waals surface area contributed by atoms with Crippen molar-refractivity contribution in [2.45, 2.75) is 17.9 Å². The predicted octanol–water partition coefficient (Wildman–Crippen LogP) is 4.15. The number of nitrogens with zero attached hydrogens (tertiary/aromatic N) is 1. The second-order valence-corrected chi connectivity index (χ2v) is 6.40. The first-order valence-electron chi connectivity index (χ1n) is 7.56. The SMILES string of the molecule is CN(Cc1ccc(F)cc1)C(=O)NCCCSc1ccccc1. The summed E-state index contributed by atoms with van der Waals surface area (Å²) in [5, 5.41) is 2.90. The molecule has 0 saturated carbocycles. The van der Waals surface area contributed by atoms with Crippen LogP contribution in [-0.2, 0) is 6.54 Å². The maximum absolute atomic E-state index is 12.8. The molecule has 0 aromatic heterocycles. The fourth-order valence-corrected chi connectivity index (χ4v) is 2.92. The van der Waals surface area contributed by atoms with Gasteiger partial charge < -0.3 is 10.2 Å². The van der Waals surface area contributed by atoms with Crippen molar-refractivity contribution in [2.75, 3.05) is 19.3 Å². The molecule has 5 heteroatoms. The summed E-state index contributed by atoms with van der Waals surface area (Å²) in [5.41, 5.74) is 0.906. The minimum atomic E-state index is -0.267. The number of nitrogens with one attached hydrogen (secondary N) is 1. The quantitative estimate of drug-likeness (QED) is 0.610. The van der Waals surface area contributed by atoms with Crippen LogP contribution in [0.5, 0.6) is 0 Å². The van der Waals surface area contributed by atoms with Gasteiger partial charge in [-0.1, -0.05) is 30.3 Å². The van der Waals surface area contributed by atoms with Crippen molar-refractivity contribution in [1.29, 1.82) is 0 Å². The van der Waals surface area contributed by atoms with Crippen molar-refractivity contribution in [1.82, 2.24) is 10.2 Å². The van der Waals surface area contributed by atoms with Crippen LogP contribution in [0, 0.1) is 5.82 Å². The standard InChI is InChI=1S/C18H21FN2OS/c1-21(14-15-8-10-16(19)11-9-15)18(22)20-12-5-13-23-17-6-3-2-4-7-17/h2-4,6-11H,5,12-14H2,1H3,(H,20,22). The van der Waals surface area contributed by atoms with E-state index in [1.54, 1.807) is 35.8 Å². The number of carbonyl (C=O) groups excluding carboxylic acids is 1. The Hall–Kier alpha value is -2.01. The number of halogens is 1. The molecule has 0 atom stereocenters. The highest BCUT2D eigenvalue weighted by Gasteiger charge is 2.08. The number of hydrogen-bond donors (Lipinski definition) is 1. The molecular weight excluding hydrogens is 311 g/mol. The lowest BCUT2D eigenvalue weighted by molar-refractivity contribution is 0.207. The number of urea groups is 1. The molecule has 0 heterocycles. The van der Waals surface area contributed by atoms with Gasteiger partial charge in [-0.15, -0.1) is 11.8 Å². The predicted molar refractivity (Wildman–Crippen MR) is 93.0 cm³/mol. The summed E-state index contributed by atoms with van der Waals surface area (Å²) in [5.74, 6) is 0.697. The molecule has 0 aliphatic carbocycles. The second-order valence-electron chi connectivity index (χ2n) is 5.23. The third kappa shape index (κ3) is 6.32. The van der Waals surface area contributed by atoms with Gasteiger partial charge in [-0.05, 0) is 42.0 Å². The molecule has 0 radical (unpaired) electrons. The van der Waals surface area contributed by atoms with Crippen molar-refractivity contribution in [3.63, 3.8) is 0 Å². The first kappa shape index (κ1) is 17.3. The average molecular weight is 332 g/mol. The fraction of sp³-hybridized carbons (Fsp3) is 0.278. The van der Waals surface area contributed by atoms with E-state index in [1.165, 1.54) is 17.0 Å². The van der Waals surface area contributed by atoms with Crippen LogP contribution >= 0.6 is 11.8 Å². The first-order valence-corrected chi connectivity index (χ1v) is 8.55. The molecule has 0 aliphatic rings. The van der Waals surface area contributed by atoms with Crippen LogP contribution in [0.25, 0.3) is 0 Å². The number of amides is 2. The lowest BCUT2D eigenvalue weighted by Gasteiger charge is -2.18. The molecule has 2 amide bonds. The van der Waals surface area contributed by atoms with Crippen LogP contribution in [0.15, 0.2) is 59.5 Å². The van der Waals surface area contributed by atoms with Crippen molar-refractivity contribution in [3.05, 3.63) is 66.0 Å². The van der Waals surface area contributed by atoms with Gasteiger partial charge in [-0.25, -0.2) is 9.18 Å². The van der Waals surface area contributed by atoms with Crippen LogP contribution in [-0.4, -0.2) is 30.3 Å². The molecule has 23 heavy (non-hydrogen) atoms. The second kappa shape index (κ2) is 9.20. The molecule has 0 bridgehead atoms. The number of carbonyl (C=O) groups is 1. The Labute approximate surface area is 140 Å². The Morgan fingerprint density at radius 3 is 2.52 bits per heavy atom. The van der Waals surface area contributed by atoms with E-state index in [-0.39, 0.29) is 11.8 Å². The summed E-state index contributed by atoms with van der Waals surface area (Å²) >= 11 is 1.78. The minimum absolute atomic E-state index is 0.112. The number of hydrogen-bond acceptors (Lipinski definition) is 2. The summed E-state index contributed by atoms with van der Waals surface area (Å²) in [6.07, 6.45) is 0.912. The zero-order valence-corrected chi connectivity index (χ0v) is 14.0. The molecular formula is C18H21FN2OS. The Bertz CT molecular complexity index is 604. The summed E-state index contributed by atoms with van der Waals surface area (Å²) in [6, 6.07) is 16.3. The third-order valence-electron chi connectivity index (χ3n) is 3.29. The number of rotatable bonds is 7. The maximum Gasteiger partial charge on any atom is 0.317 e. The Balaban J connectivity index is 1.63. The van der Waals surface area contributed by atoms with Crippen molar-refractivity contribution in [2.24, 2.45) is 0 Å². The van der Waals surface area contributed by atoms with Crippen molar-refractivity contribution < 1.29 is 9.18 Å². The maximum atomic E-state index is 12.8. The first-order chi connectivity index (χ1) is 11.1. The molecule has 0 spiro atoms. The van der Waals surface area contributed by atoms with Crippen molar-refractivity contribution in [3.8, 4) is 0 Å². The molecule has 122 valence electrons. The van der Waals surface area contributed by atoms with Crippen LogP contribution in [0.4, 0.5) is 9.18 Å². The lowest BCUT2D eigenvalue weighted by Crippen LogP contribution is -2.37. The zero-order chi connectivity index (χ0) is 16.5. The molecule has 2 rings (SSSR count). The van der Waals surface area contributed by atoms with Crippen molar-refractivity contribution >= 4 is 17.8 Å². The molecule has 2 aromatic carbocycles. The van der Waals surface area contributed by atoms with Gasteiger partial charge in [-0.2, -0.15) is 0 Å². The molecule has 0 aliphatic heterocycles. The van der Waals surface area contributed by atoms with E-state index in [0.29, 0.717) is 13.1 Å². The van der Waals surface area contributed by atoms with Gasteiger partial charge in [0.05, 0.1) is 0 Å². The number of benzene rings is 2. The van der Waals surface area contributed by atoms with Gasteiger partial charge in [0.25, 0.3) is 0 Å². The van der Waals surface area contributed by atoms with Gasteiger partial charge in [0.15, 0.2) is 0 Å². The van der Waals surface area contributed by atoms with Gasteiger partial charge in [0, 0.05) is 25.0 Å². The minimum Gasteiger partial charge on any atom is -0.338 e. The molecule has 3 nitrogen and oxygen atoms in total. The summed E-state index contributed by atoms with van der Waals surface area (Å²) < 4.78 is 12.8. The van der Waals surface area contributed by atoms with Gasteiger partial charge in [0.2, 0.25) is 0 Å². The van der Waals surface area contributed by atoms with Gasteiger partial charge in [-0.3, -0.25) is 0 Å². The Morgan fingerprint density at radius 1 is 1.13 bits per heavy atom. The molecule has 0 saturated heterocycles. The zero-order valence-electron chi connectivity index (χ0n) is 13.2. The molecule has 2 aromatic rings. The Kier molecular flexibility index (Phi) is 6.94. The van der Waals surface area contributed by atoms with Crippen LogP contribution in [0.2, 0.25) is 0 Å². The van der Waals surface area contributed by atoms with E-state index in [2.05, 4.69) is 17.4 Å². The van der Waals surface area contributed by atoms with Crippen LogP contribution in [0.1, 0.15) is 12.0 Å². The monoisotopic (exact) mass is 332 g/mol. The highest BCUT2D eigenvalue weighted by molar-refractivity contribution is 7.99. The lowest BCUT2D eigenvalue weighted by atomic mass is 10.2. The molecule has 0 unspecified atom stereocenters. The topological polar surface area (TPSA) is 32.3 Å². The fourth-order valence-electron chi connectivity index (χ4n) is 2.04. The van der Waals surface area contributed by atoms with E-state index >= 15 is 0 Å². The van der Waals surface area contributed by atoms with Crippen LogP contribution < -0.4 is 5.32 Å². The normalized spacial score (nSPS) is 10.3. The largest absolute Gasteiger partial charge is 0.338 e. The highest BCUT2D eigenvalue weighted by Crippen LogP contribution is 2.17. The van der Waals surface area contributed by atoms with E-state index in [4.69, 9.17) is 0 Å². The van der Waals surface area contributed by atoms with E-state index < -0.39 is 0 Å². The summed E-state index contributed by atoms with van der Waals surface area (Å²) in [4.78, 5) is 14.8. The third-order valence-corrected chi connectivity index (χ3v) is 4.39. The smallest absolute Gasteiger partial charge is 0.317 e. The highest BCUT2D eigenvalue weighted by atomic mass is 32.2. The average Bonchev–Trinajstić information content (AvgIpc) is 2.57. The van der Waals surface area contributed by atoms with Gasteiger partial charge >= 0.3 is 6.03 Å². The summed E-state index contributed by atoms with van der Waals surface area (Å²) in [6.45, 7) is 1.11. The van der Waals surface area contributed by atoms with E-state index in [9.17, 15) is 9.18 Å². The van der Waals surface area contributed by atoms with E-state index in [0.717, 1.165) is 17.7 Å². The Morgan fingerprint density at radius 2 is 1.83 bits per heavy atom. The van der Waals surface area contributed by atoms with Crippen LogP contribution in [0.3, 0.4) is 0 Å². The van der Waals surface area contributed by atoms with E-state index in [1.807, 2.05) is 18.2 Å². The number of thioether (sulfide) groups is 1. The molecule has 1 N–H and O–H groups in total. The molecule has 0 fully saturated rings. The van der Waals surface area contributed by atoms with Gasteiger partial charge in [0.1, 0.15) is 5.82 Å².